The Balaban J connectivity index is 2.21. The summed E-state index contributed by atoms with van der Waals surface area (Å²) in [5.41, 5.74) is 8.46. The van der Waals surface area contributed by atoms with Crippen LogP contribution in [0.3, 0.4) is 0 Å². The summed E-state index contributed by atoms with van der Waals surface area (Å²) in [7, 11) is 0. The zero-order chi connectivity index (χ0) is 7.84. The predicted octanol–water partition coefficient (Wildman–Crippen LogP) is 1.81. The second kappa shape index (κ2) is 2.35. The van der Waals surface area contributed by atoms with Crippen LogP contribution >= 0.6 is 0 Å². The summed E-state index contributed by atoms with van der Waals surface area (Å²) in [6, 6.07) is 9.11. The third kappa shape index (κ3) is 1.29. The highest BCUT2D eigenvalue weighted by Crippen LogP contribution is 2.38. The van der Waals surface area contributed by atoms with Crippen LogP contribution in [0.4, 0.5) is 0 Å². The number of hydrogen-bond acceptors (Lipinski definition) is 1. The molecule has 1 unspecified atom stereocenters. The molecular weight excluding hydrogens is 134 g/mol. The van der Waals surface area contributed by atoms with Gasteiger partial charge in [-0.15, -0.1) is 0 Å². The lowest BCUT2D eigenvalue weighted by Crippen LogP contribution is -2.00. The number of benzene rings is 1. The van der Waals surface area contributed by atoms with Crippen LogP contribution in [0.5, 0.6) is 0 Å². The van der Waals surface area contributed by atoms with Gasteiger partial charge in [0.25, 0.3) is 0 Å². The molecule has 0 aliphatic heterocycles. The van der Waals surface area contributed by atoms with Crippen LogP contribution in [0, 0.1) is 6.92 Å². The maximum Gasteiger partial charge on any atom is 0.0115 e. The Labute approximate surface area is 67.2 Å². The summed E-state index contributed by atoms with van der Waals surface area (Å²) < 4.78 is 0. The molecule has 1 nitrogen and oxygen atoms in total. The van der Waals surface area contributed by atoms with Crippen LogP contribution < -0.4 is 5.73 Å². The molecule has 58 valence electrons. The summed E-state index contributed by atoms with van der Waals surface area (Å²) in [4.78, 5) is 0. The Morgan fingerprint density at radius 2 is 1.82 bits per heavy atom. The topological polar surface area (TPSA) is 26.0 Å². The van der Waals surface area contributed by atoms with E-state index >= 15 is 0 Å². The third-order valence-electron chi connectivity index (χ3n) is 2.35. The van der Waals surface area contributed by atoms with Gasteiger partial charge in [-0.25, -0.2) is 0 Å². The molecule has 2 atom stereocenters. The van der Waals surface area contributed by atoms with Crippen LogP contribution in [0.15, 0.2) is 24.3 Å². The number of aryl methyl sites for hydroxylation is 1. The third-order valence-corrected chi connectivity index (χ3v) is 2.35. The molecule has 0 radical (unpaired) electrons. The molecule has 0 saturated heterocycles. The molecule has 1 aromatic carbocycles. The molecule has 0 spiro atoms. The summed E-state index contributed by atoms with van der Waals surface area (Å²) >= 11 is 0. The highest BCUT2D eigenvalue weighted by Gasteiger charge is 2.34. The second-order valence-electron chi connectivity index (χ2n) is 3.42. The van der Waals surface area contributed by atoms with Crippen LogP contribution in [0.2, 0.25) is 0 Å². The van der Waals surface area contributed by atoms with Gasteiger partial charge in [0.2, 0.25) is 0 Å². The number of nitrogens with two attached hydrogens (primary N) is 1. The number of rotatable bonds is 1. The first-order valence-corrected chi connectivity index (χ1v) is 4.09. The zero-order valence-electron chi connectivity index (χ0n) is 6.75. The van der Waals surface area contributed by atoms with Crippen molar-refractivity contribution in [3.63, 3.8) is 0 Å². The summed E-state index contributed by atoms with van der Waals surface area (Å²) in [5, 5.41) is 0. The van der Waals surface area contributed by atoms with E-state index in [0.717, 1.165) is 0 Å². The molecule has 1 aromatic rings. The van der Waals surface area contributed by atoms with Gasteiger partial charge in [-0.1, -0.05) is 29.8 Å². The first-order valence-electron chi connectivity index (χ1n) is 4.09. The smallest absolute Gasteiger partial charge is 0.0115 e. The normalized spacial score (nSPS) is 28.5. The Hall–Kier alpha value is -0.820. The Kier molecular flexibility index (Phi) is 1.46. The van der Waals surface area contributed by atoms with Gasteiger partial charge < -0.3 is 5.73 Å². The minimum absolute atomic E-state index is 0.428. The summed E-state index contributed by atoms with van der Waals surface area (Å²) in [5.74, 6) is 0.649. The second-order valence-corrected chi connectivity index (χ2v) is 3.42. The van der Waals surface area contributed by atoms with Gasteiger partial charge in [0.05, 0.1) is 0 Å². The van der Waals surface area contributed by atoms with Crippen molar-refractivity contribution in [1.29, 1.82) is 0 Å². The van der Waals surface area contributed by atoms with E-state index in [2.05, 4.69) is 31.2 Å². The van der Waals surface area contributed by atoms with Crippen LogP contribution in [0.25, 0.3) is 0 Å². The van der Waals surface area contributed by atoms with E-state index in [0.29, 0.717) is 12.0 Å². The molecule has 1 heteroatoms. The molecule has 0 heterocycles. The average molecular weight is 147 g/mol. The van der Waals surface area contributed by atoms with Crippen molar-refractivity contribution in [2.75, 3.05) is 0 Å². The fraction of sp³-hybridized carbons (Fsp3) is 0.400. The van der Waals surface area contributed by atoms with Crippen molar-refractivity contribution in [3.8, 4) is 0 Å². The van der Waals surface area contributed by atoms with Crippen LogP contribution in [-0.2, 0) is 0 Å². The Morgan fingerprint density at radius 3 is 2.27 bits per heavy atom. The van der Waals surface area contributed by atoms with E-state index in [4.69, 9.17) is 5.73 Å². The zero-order valence-corrected chi connectivity index (χ0v) is 6.75. The van der Waals surface area contributed by atoms with E-state index in [1.807, 2.05) is 0 Å². The van der Waals surface area contributed by atoms with Crippen LogP contribution in [-0.4, -0.2) is 6.04 Å². The van der Waals surface area contributed by atoms with Crippen molar-refractivity contribution in [2.24, 2.45) is 5.73 Å². The molecular formula is C10H13N. The van der Waals surface area contributed by atoms with Crippen molar-refractivity contribution in [1.82, 2.24) is 0 Å². The van der Waals surface area contributed by atoms with Gasteiger partial charge in [0.1, 0.15) is 0 Å². The van der Waals surface area contributed by atoms with Gasteiger partial charge in [-0.2, -0.15) is 0 Å². The molecule has 0 bridgehead atoms. The maximum absolute atomic E-state index is 5.74. The lowest BCUT2D eigenvalue weighted by atomic mass is 10.1. The first-order chi connectivity index (χ1) is 5.27. The van der Waals surface area contributed by atoms with E-state index in [1.54, 1.807) is 0 Å². The molecule has 0 aromatic heterocycles. The Morgan fingerprint density at radius 1 is 1.27 bits per heavy atom. The van der Waals surface area contributed by atoms with Crippen molar-refractivity contribution < 1.29 is 0 Å². The predicted molar refractivity (Wildman–Crippen MR) is 46.5 cm³/mol. The fourth-order valence-corrected chi connectivity index (χ4v) is 1.41. The van der Waals surface area contributed by atoms with E-state index in [9.17, 15) is 0 Å². The Bertz CT molecular complexity index is 250. The van der Waals surface area contributed by atoms with Crippen molar-refractivity contribution >= 4 is 0 Å². The highest BCUT2D eigenvalue weighted by molar-refractivity contribution is 5.30. The molecule has 1 saturated carbocycles. The van der Waals surface area contributed by atoms with Gasteiger partial charge in [0, 0.05) is 12.0 Å². The summed E-state index contributed by atoms with van der Waals surface area (Å²) in [6.07, 6.45) is 1.17. The standard InChI is InChI=1S/C10H13N/c1-7-2-4-8(5-3-7)9-6-10(9)11/h2-5,9-10H,6,11H2,1H3/t9?,10-/m1/s1. The molecule has 11 heavy (non-hydrogen) atoms. The first kappa shape index (κ1) is 6.86. The average Bonchev–Trinajstić information content (AvgIpc) is 2.69. The van der Waals surface area contributed by atoms with Gasteiger partial charge in [0.15, 0.2) is 0 Å². The van der Waals surface area contributed by atoms with Crippen molar-refractivity contribution in [2.45, 2.75) is 25.3 Å². The monoisotopic (exact) mass is 147 g/mol. The maximum atomic E-state index is 5.74. The van der Waals surface area contributed by atoms with E-state index in [-0.39, 0.29) is 0 Å². The lowest BCUT2D eigenvalue weighted by Gasteiger charge is -1.97. The number of hydrogen-bond donors (Lipinski definition) is 1. The molecule has 1 aliphatic rings. The lowest BCUT2D eigenvalue weighted by molar-refractivity contribution is 0.989. The quantitative estimate of drug-likeness (QED) is 0.644. The molecule has 1 aliphatic carbocycles. The highest BCUT2D eigenvalue weighted by atomic mass is 14.7. The fourth-order valence-electron chi connectivity index (χ4n) is 1.41. The van der Waals surface area contributed by atoms with Gasteiger partial charge in [-0.3, -0.25) is 0 Å². The molecule has 0 amide bonds. The largest absolute Gasteiger partial charge is 0.327 e. The van der Waals surface area contributed by atoms with E-state index in [1.165, 1.54) is 17.5 Å². The SMILES string of the molecule is Cc1ccc(C2C[C@H]2N)cc1. The van der Waals surface area contributed by atoms with Gasteiger partial charge >= 0.3 is 0 Å². The van der Waals surface area contributed by atoms with Crippen LogP contribution in [0.1, 0.15) is 23.5 Å². The minimum atomic E-state index is 0.428. The van der Waals surface area contributed by atoms with Gasteiger partial charge in [-0.05, 0) is 18.9 Å². The minimum Gasteiger partial charge on any atom is -0.327 e. The molecule has 2 rings (SSSR count). The molecule has 1 fully saturated rings. The molecule has 2 N–H and O–H groups in total. The van der Waals surface area contributed by atoms with Crippen molar-refractivity contribution in [3.05, 3.63) is 35.4 Å². The summed E-state index contributed by atoms with van der Waals surface area (Å²) in [6.45, 7) is 2.11. The van der Waals surface area contributed by atoms with E-state index < -0.39 is 0 Å².